The van der Waals surface area contributed by atoms with Gasteiger partial charge in [-0.3, -0.25) is 0 Å². The number of benzene rings is 2. The number of fused-ring (bicyclic) bond motifs is 1. The lowest BCUT2D eigenvalue weighted by Crippen LogP contribution is -2.08. The van der Waals surface area contributed by atoms with E-state index in [0.29, 0.717) is 6.61 Å². The first-order chi connectivity index (χ1) is 11.8. The van der Waals surface area contributed by atoms with Crippen molar-refractivity contribution in [2.75, 3.05) is 12.3 Å². The molecule has 0 amide bonds. The number of aryl methyl sites for hydroxylation is 2. The second kappa shape index (κ2) is 7.86. The maximum absolute atomic E-state index is 5.80. The van der Waals surface area contributed by atoms with Crippen molar-refractivity contribution in [1.29, 1.82) is 0 Å². The lowest BCUT2D eigenvalue weighted by molar-refractivity contribution is 0.301. The highest BCUT2D eigenvalue weighted by Crippen LogP contribution is 2.18. The van der Waals surface area contributed by atoms with Crippen LogP contribution in [0.1, 0.15) is 32.0 Å². The number of aromatic nitrogens is 2. The molecule has 3 aromatic rings. The van der Waals surface area contributed by atoms with Crippen molar-refractivity contribution in [3.8, 4) is 5.75 Å². The zero-order valence-corrected chi connectivity index (χ0v) is 14.2. The Morgan fingerprint density at radius 3 is 2.62 bits per heavy atom. The fourth-order valence-corrected chi connectivity index (χ4v) is 2.88. The van der Waals surface area contributed by atoms with E-state index >= 15 is 0 Å². The Labute approximate surface area is 143 Å². The van der Waals surface area contributed by atoms with Crippen molar-refractivity contribution in [3.63, 3.8) is 0 Å². The molecule has 4 nitrogen and oxygen atoms in total. The van der Waals surface area contributed by atoms with Gasteiger partial charge in [-0.1, -0.05) is 25.5 Å². The normalized spacial score (nSPS) is 11.0. The van der Waals surface area contributed by atoms with Gasteiger partial charge in [0.25, 0.3) is 0 Å². The number of ether oxygens (including phenoxy) is 1. The van der Waals surface area contributed by atoms with Gasteiger partial charge >= 0.3 is 0 Å². The number of rotatable bonds is 8. The number of imidazole rings is 1. The maximum Gasteiger partial charge on any atom is 0.119 e. The van der Waals surface area contributed by atoms with Gasteiger partial charge < -0.3 is 15.0 Å². The minimum Gasteiger partial charge on any atom is -0.494 e. The molecule has 0 spiro atoms. The molecule has 0 radical (unpaired) electrons. The van der Waals surface area contributed by atoms with Crippen molar-refractivity contribution in [2.24, 2.45) is 0 Å². The SMILES string of the molecule is CCCCc1nc2ccccc2n1CCCOc1ccc(N)cc1. The molecule has 0 saturated carbocycles. The Hall–Kier alpha value is -2.49. The van der Waals surface area contributed by atoms with E-state index in [0.717, 1.165) is 36.3 Å². The van der Waals surface area contributed by atoms with Crippen LogP contribution >= 0.6 is 0 Å². The summed E-state index contributed by atoms with van der Waals surface area (Å²) in [7, 11) is 0. The van der Waals surface area contributed by atoms with Crippen LogP contribution in [0.5, 0.6) is 5.75 Å². The molecule has 0 aliphatic rings. The molecule has 0 bridgehead atoms. The third kappa shape index (κ3) is 3.88. The molecule has 0 saturated heterocycles. The van der Waals surface area contributed by atoms with E-state index in [1.54, 1.807) is 0 Å². The van der Waals surface area contributed by atoms with Crippen LogP contribution < -0.4 is 10.5 Å². The van der Waals surface area contributed by atoms with Crippen LogP contribution in [0.4, 0.5) is 5.69 Å². The van der Waals surface area contributed by atoms with Gasteiger partial charge in [0.05, 0.1) is 17.6 Å². The predicted octanol–water partition coefficient (Wildman–Crippen LogP) is 4.43. The van der Waals surface area contributed by atoms with Gasteiger partial charge in [-0.25, -0.2) is 4.98 Å². The van der Waals surface area contributed by atoms with Crippen molar-refractivity contribution in [2.45, 2.75) is 39.2 Å². The molecule has 2 N–H and O–H groups in total. The Bertz CT molecular complexity index is 777. The second-order valence-electron chi connectivity index (χ2n) is 6.04. The fraction of sp³-hybridized carbons (Fsp3) is 0.350. The molecule has 24 heavy (non-hydrogen) atoms. The quantitative estimate of drug-likeness (QED) is 0.493. The number of hydrogen-bond acceptors (Lipinski definition) is 3. The average Bonchev–Trinajstić information content (AvgIpc) is 2.96. The van der Waals surface area contributed by atoms with Gasteiger partial charge in [0.15, 0.2) is 0 Å². The zero-order valence-electron chi connectivity index (χ0n) is 14.2. The molecular formula is C20H25N3O. The number of para-hydroxylation sites is 2. The number of anilines is 1. The summed E-state index contributed by atoms with van der Waals surface area (Å²) in [5.41, 5.74) is 8.75. The first-order valence-corrected chi connectivity index (χ1v) is 8.70. The van der Waals surface area contributed by atoms with Crippen LogP contribution in [-0.4, -0.2) is 16.2 Å². The van der Waals surface area contributed by atoms with Crippen LogP contribution in [-0.2, 0) is 13.0 Å². The number of hydrogen-bond donors (Lipinski definition) is 1. The summed E-state index contributed by atoms with van der Waals surface area (Å²) in [6, 6.07) is 15.9. The number of nitrogens with two attached hydrogens (primary N) is 1. The van der Waals surface area contributed by atoms with Crippen LogP contribution in [0.3, 0.4) is 0 Å². The van der Waals surface area contributed by atoms with Crippen LogP contribution in [0.25, 0.3) is 11.0 Å². The molecule has 0 unspecified atom stereocenters. The number of nitrogen functional groups attached to an aromatic ring is 1. The summed E-state index contributed by atoms with van der Waals surface area (Å²) in [6.45, 7) is 3.83. The topological polar surface area (TPSA) is 53.1 Å². The molecule has 0 aliphatic carbocycles. The van der Waals surface area contributed by atoms with Gasteiger partial charge in [0.2, 0.25) is 0 Å². The van der Waals surface area contributed by atoms with Crippen LogP contribution in [0.2, 0.25) is 0 Å². The second-order valence-corrected chi connectivity index (χ2v) is 6.04. The van der Waals surface area contributed by atoms with Crippen LogP contribution in [0, 0.1) is 0 Å². The molecular weight excluding hydrogens is 298 g/mol. The maximum atomic E-state index is 5.80. The van der Waals surface area contributed by atoms with E-state index in [4.69, 9.17) is 15.5 Å². The summed E-state index contributed by atoms with van der Waals surface area (Å²) in [5.74, 6) is 2.05. The molecule has 0 aliphatic heterocycles. The standard InChI is InChI=1S/C20H25N3O/c1-2-3-9-20-22-18-7-4-5-8-19(18)23(20)14-6-15-24-17-12-10-16(21)11-13-17/h4-5,7-8,10-13H,2-3,6,9,14-15,21H2,1H3. The van der Waals surface area contributed by atoms with Crippen molar-refractivity contribution >= 4 is 16.7 Å². The first-order valence-electron chi connectivity index (χ1n) is 8.70. The van der Waals surface area contributed by atoms with Gasteiger partial charge in [0, 0.05) is 18.7 Å². The van der Waals surface area contributed by atoms with E-state index in [9.17, 15) is 0 Å². The lowest BCUT2D eigenvalue weighted by atomic mass is 10.2. The highest BCUT2D eigenvalue weighted by atomic mass is 16.5. The third-order valence-corrected chi connectivity index (χ3v) is 4.16. The smallest absolute Gasteiger partial charge is 0.119 e. The molecule has 3 rings (SSSR count). The Balaban J connectivity index is 1.64. The van der Waals surface area contributed by atoms with E-state index < -0.39 is 0 Å². The summed E-state index contributed by atoms with van der Waals surface area (Å²) >= 11 is 0. The summed E-state index contributed by atoms with van der Waals surface area (Å²) in [4.78, 5) is 4.81. The number of nitrogens with zero attached hydrogens (tertiary/aromatic N) is 2. The van der Waals surface area contributed by atoms with Crippen molar-refractivity contribution in [1.82, 2.24) is 9.55 Å². The number of unbranched alkanes of at least 4 members (excludes halogenated alkanes) is 1. The van der Waals surface area contributed by atoms with E-state index in [1.807, 2.05) is 30.3 Å². The molecule has 126 valence electrons. The summed E-state index contributed by atoms with van der Waals surface area (Å²) in [5, 5.41) is 0. The van der Waals surface area contributed by atoms with Gasteiger partial charge in [-0.2, -0.15) is 0 Å². The molecule has 0 atom stereocenters. The molecule has 2 aromatic carbocycles. The monoisotopic (exact) mass is 323 g/mol. The fourth-order valence-electron chi connectivity index (χ4n) is 2.88. The predicted molar refractivity (Wildman–Crippen MR) is 99.3 cm³/mol. The van der Waals surface area contributed by atoms with Crippen molar-refractivity contribution in [3.05, 3.63) is 54.4 Å². The minimum atomic E-state index is 0.684. The molecule has 0 fully saturated rings. The summed E-state index contributed by atoms with van der Waals surface area (Å²) < 4.78 is 8.15. The van der Waals surface area contributed by atoms with Gasteiger partial charge in [0.1, 0.15) is 11.6 Å². The Morgan fingerprint density at radius 1 is 1.04 bits per heavy atom. The molecule has 1 heterocycles. The van der Waals surface area contributed by atoms with Gasteiger partial charge in [-0.15, -0.1) is 0 Å². The zero-order chi connectivity index (χ0) is 16.8. The van der Waals surface area contributed by atoms with Gasteiger partial charge in [-0.05, 0) is 49.2 Å². The van der Waals surface area contributed by atoms with Crippen molar-refractivity contribution < 1.29 is 4.74 Å². The lowest BCUT2D eigenvalue weighted by Gasteiger charge is -2.10. The molecule has 4 heteroatoms. The molecule has 1 aromatic heterocycles. The Morgan fingerprint density at radius 2 is 1.83 bits per heavy atom. The summed E-state index contributed by atoms with van der Waals surface area (Å²) in [6.07, 6.45) is 4.34. The van der Waals surface area contributed by atoms with E-state index in [-0.39, 0.29) is 0 Å². The highest BCUT2D eigenvalue weighted by Gasteiger charge is 2.09. The largest absolute Gasteiger partial charge is 0.494 e. The average molecular weight is 323 g/mol. The Kier molecular flexibility index (Phi) is 5.36. The third-order valence-electron chi connectivity index (χ3n) is 4.16. The van der Waals surface area contributed by atoms with E-state index in [1.165, 1.54) is 24.2 Å². The first kappa shape index (κ1) is 16.4. The highest BCUT2D eigenvalue weighted by molar-refractivity contribution is 5.75. The van der Waals surface area contributed by atoms with Crippen LogP contribution in [0.15, 0.2) is 48.5 Å². The van der Waals surface area contributed by atoms with E-state index in [2.05, 4.69) is 29.7 Å². The minimum absolute atomic E-state index is 0.684.